The van der Waals surface area contributed by atoms with Crippen LogP contribution in [0, 0.1) is 0 Å². The summed E-state index contributed by atoms with van der Waals surface area (Å²) >= 11 is 1.52. The number of hydrogen-bond donors (Lipinski definition) is 1. The lowest BCUT2D eigenvalue weighted by molar-refractivity contribution is -0.144. The average Bonchev–Trinajstić information content (AvgIpc) is 2.85. The topological polar surface area (TPSA) is 92.8 Å². The lowest BCUT2D eigenvalue weighted by atomic mass is 10.2. The molecule has 1 fully saturated rings. The highest BCUT2D eigenvalue weighted by atomic mass is 32.2. The molecule has 1 atom stereocenters. The summed E-state index contributed by atoms with van der Waals surface area (Å²) in [4.78, 5) is 47.8. The maximum Gasteiger partial charge on any atom is 0.305 e. The monoisotopic (exact) mass is 372 g/mol. The number of ether oxygens (including phenoxy) is 1. The molecule has 25 heavy (non-hydrogen) atoms. The first kappa shape index (κ1) is 21.5. The quantitative estimate of drug-likeness (QED) is 0.317. The molecule has 1 heterocycles. The second kappa shape index (κ2) is 11.9. The van der Waals surface area contributed by atoms with Crippen molar-refractivity contribution < 1.29 is 23.9 Å². The van der Waals surface area contributed by atoms with Gasteiger partial charge in [0.1, 0.15) is 0 Å². The summed E-state index contributed by atoms with van der Waals surface area (Å²) < 4.78 is 5.05. The molecule has 1 unspecified atom stereocenters. The number of esters is 1. The number of nitrogens with one attached hydrogen (secondary N) is 1. The summed E-state index contributed by atoms with van der Waals surface area (Å²) in [7, 11) is 1.57. The van der Waals surface area contributed by atoms with Crippen LogP contribution in [-0.4, -0.2) is 59.8 Å². The number of carbonyl (C=O) groups is 4. The molecular weight excluding hydrogens is 344 g/mol. The number of nitrogens with zero attached hydrogens (tertiary/aromatic N) is 1. The van der Waals surface area contributed by atoms with E-state index in [1.807, 2.05) is 6.92 Å². The van der Waals surface area contributed by atoms with Crippen LogP contribution in [0.2, 0.25) is 0 Å². The summed E-state index contributed by atoms with van der Waals surface area (Å²) in [5.41, 5.74) is 0. The maximum absolute atomic E-state index is 12.1. The zero-order valence-corrected chi connectivity index (χ0v) is 15.9. The van der Waals surface area contributed by atoms with Crippen molar-refractivity contribution in [2.24, 2.45) is 0 Å². The molecule has 3 amide bonds. The van der Waals surface area contributed by atoms with Gasteiger partial charge in [-0.1, -0.05) is 13.3 Å². The summed E-state index contributed by atoms with van der Waals surface area (Å²) in [6.45, 7) is 2.65. The number of imide groups is 1. The van der Waals surface area contributed by atoms with E-state index in [0.29, 0.717) is 45.1 Å². The van der Waals surface area contributed by atoms with Crippen LogP contribution in [-0.2, 0) is 23.9 Å². The maximum atomic E-state index is 12.1. The van der Waals surface area contributed by atoms with Gasteiger partial charge in [0.25, 0.3) is 0 Å². The highest BCUT2D eigenvalue weighted by Gasteiger charge is 2.37. The van der Waals surface area contributed by atoms with Crippen LogP contribution >= 0.6 is 11.8 Å². The largest absolute Gasteiger partial charge is 0.466 e. The molecule has 0 aromatic carbocycles. The molecule has 8 heteroatoms. The molecule has 1 saturated heterocycles. The van der Waals surface area contributed by atoms with Gasteiger partial charge < -0.3 is 10.1 Å². The second-order valence-electron chi connectivity index (χ2n) is 5.84. The van der Waals surface area contributed by atoms with Crippen molar-refractivity contribution in [3.8, 4) is 0 Å². The van der Waals surface area contributed by atoms with Gasteiger partial charge in [-0.25, -0.2) is 0 Å². The van der Waals surface area contributed by atoms with Crippen LogP contribution in [0.25, 0.3) is 0 Å². The molecule has 1 N–H and O–H groups in total. The van der Waals surface area contributed by atoms with Crippen molar-refractivity contribution in [3.63, 3.8) is 0 Å². The highest BCUT2D eigenvalue weighted by Crippen LogP contribution is 2.25. The number of carbonyl (C=O) groups excluding carboxylic acids is 4. The molecule has 0 spiro atoms. The van der Waals surface area contributed by atoms with Crippen molar-refractivity contribution in [3.05, 3.63) is 0 Å². The van der Waals surface area contributed by atoms with Crippen LogP contribution in [0.4, 0.5) is 0 Å². The van der Waals surface area contributed by atoms with Gasteiger partial charge >= 0.3 is 5.97 Å². The van der Waals surface area contributed by atoms with Gasteiger partial charge in [0.2, 0.25) is 17.7 Å². The number of unbranched alkanes of at least 4 members (excludes halogenated alkanes) is 2. The van der Waals surface area contributed by atoms with Gasteiger partial charge in [-0.2, -0.15) is 0 Å². The van der Waals surface area contributed by atoms with Gasteiger partial charge in [-0.3, -0.25) is 24.1 Å². The summed E-state index contributed by atoms with van der Waals surface area (Å²) in [6.07, 6.45) is 3.61. The third-order valence-electron chi connectivity index (χ3n) is 3.92. The minimum Gasteiger partial charge on any atom is -0.466 e. The first-order chi connectivity index (χ1) is 12.0. The molecular formula is C17H28N2O5S. The van der Waals surface area contributed by atoms with Gasteiger partial charge in [0, 0.05) is 32.9 Å². The van der Waals surface area contributed by atoms with Gasteiger partial charge in [0.15, 0.2) is 0 Å². The van der Waals surface area contributed by atoms with Gasteiger partial charge in [-0.05, 0) is 25.0 Å². The Bertz CT molecular complexity index is 484. The van der Waals surface area contributed by atoms with E-state index in [9.17, 15) is 19.2 Å². The minimum absolute atomic E-state index is 0.0679. The van der Waals surface area contributed by atoms with Crippen LogP contribution in [0.15, 0.2) is 0 Å². The third-order valence-corrected chi connectivity index (χ3v) is 5.03. The van der Waals surface area contributed by atoms with Crippen LogP contribution in [0.5, 0.6) is 0 Å². The Balaban J connectivity index is 2.08. The van der Waals surface area contributed by atoms with E-state index in [1.165, 1.54) is 16.7 Å². The van der Waals surface area contributed by atoms with Crippen molar-refractivity contribution in [1.82, 2.24) is 10.2 Å². The number of rotatable bonds is 12. The minimum atomic E-state index is -0.273. The Kier molecular flexibility index (Phi) is 10.2. The fraction of sp³-hybridized carbons (Fsp3) is 0.765. The second-order valence-corrected chi connectivity index (χ2v) is 7.32. The average molecular weight is 372 g/mol. The Morgan fingerprint density at radius 2 is 1.96 bits per heavy atom. The van der Waals surface area contributed by atoms with E-state index in [2.05, 4.69) is 5.32 Å². The smallest absolute Gasteiger partial charge is 0.305 e. The first-order valence-electron chi connectivity index (χ1n) is 8.81. The molecule has 1 aliphatic rings. The summed E-state index contributed by atoms with van der Waals surface area (Å²) in [6, 6.07) is 0. The fourth-order valence-corrected chi connectivity index (χ4v) is 3.48. The zero-order chi connectivity index (χ0) is 18.7. The third kappa shape index (κ3) is 7.90. The predicted octanol–water partition coefficient (Wildman–Crippen LogP) is 1.50. The van der Waals surface area contributed by atoms with Crippen molar-refractivity contribution in [2.45, 2.75) is 57.1 Å². The fourth-order valence-electron chi connectivity index (χ4n) is 2.55. The van der Waals surface area contributed by atoms with E-state index in [1.54, 1.807) is 7.05 Å². The molecule has 0 bridgehead atoms. The highest BCUT2D eigenvalue weighted by molar-refractivity contribution is 8.00. The summed E-state index contributed by atoms with van der Waals surface area (Å²) in [5.74, 6) is 0.313. The molecule has 7 nitrogen and oxygen atoms in total. The molecule has 0 aromatic rings. The lowest BCUT2D eigenvalue weighted by Gasteiger charge is -2.14. The standard InChI is InChI=1S/C17H28N2O5S/c1-3-25-13-12-15(21)19(17(13)23)10-6-4-5-9-16(22)24-11-7-8-14(20)18-2/h13H,3-12H2,1-2H3,(H,18,20). The predicted molar refractivity (Wildman–Crippen MR) is 96.0 cm³/mol. The molecule has 1 aliphatic heterocycles. The van der Waals surface area contributed by atoms with Crippen LogP contribution in [0.3, 0.4) is 0 Å². The van der Waals surface area contributed by atoms with Gasteiger partial charge in [-0.15, -0.1) is 11.8 Å². The van der Waals surface area contributed by atoms with E-state index < -0.39 is 0 Å². The van der Waals surface area contributed by atoms with E-state index in [-0.39, 0.29) is 35.5 Å². The molecule has 0 radical (unpaired) electrons. The Morgan fingerprint density at radius 3 is 2.64 bits per heavy atom. The lowest BCUT2D eigenvalue weighted by Crippen LogP contribution is -2.32. The number of amides is 3. The zero-order valence-electron chi connectivity index (χ0n) is 15.0. The normalized spacial score (nSPS) is 17.0. The number of thioether (sulfide) groups is 1. The summed E-state index contributed by atoms with van der Waals surface area (Å²) in [5, 5.41) is 2.29. The van der Waals surface area contributed by atoms with Crippen LogP contribution < -0.4 is 5.32 Å². The molecule has 0 aromatic heterocycles. The van der Waals surface area contributed by atoms with E-state index in [4.69, 9.17) is 4.74 Å². The molecule has 0 aliphatic carbocycles. The SMILES string of the molecule is CCSC1CC(=O)N(CCCCCC(=O)OCCCC(=O)NC)C1=O. The Morgan fingerprint density at radius 1 is 1.20 bits per heavy atom. The van der Waals surface area contributed by atoms with Crippen molar-refractivity contribution in [2.75, 3.05) is 26.0 Å². The Labute approximate surface area is 153 Å². The first-order valence-corrected chi connectivity index (χ1v) is 9.86. The number of likely N-dealkylation sites (tertiary alicyclic amines) is 1. The van der Waals surface area contributed by atoms with Crippen molar-refractivity contribution in [1.29, 1.82) is 0 Å². The van der Waals surface area contributed by atoms with Gasteiger partial charge in [0.05, 0.1) is 11.9 Å². The van der Waals surface area contributed by atoms with E-state index >= 15 is 0 Å². The molecule has 1 rings (SSSR count). The Hall–Kier alpha value is -1.57. The number of hydrogen-bond acceptors (Lipinski definition) is 6. The van der Waals surface area contributed by atoms with Crippen molar-refractivity contribution >= 4 is 35.5 Å². The van der Waals surface area contributed by atoms with Crippen LogP contribution in [0.1, 0.15) is 51.9 Å². The molecule has 142 valence electrons. The van der Waals surface area contributed by atoms with E-state index in [0.717, 1.165) is 12.2 Å². The molecule has 0 saturated carbocycles.